The summed E-state index contributed by atoms with van der Waals surface area (Å²) < 4.78 is 1.11. The van der Waals surface area contributed by atoms with Gasteiger partial charge in [-0.25, -0.2) is 0 Å². The highest BCUT2D eigenvalue weighted by Gasteiger charge is 1.88. The van der Waals surface area contributed by atoms with E-state index < -0.39 is 0 Å². The molecule has 1 N–H and O–H groups in total. The number of hydrogen-bond acceptors (Lipinski definition) is 2. The van der Waals surface area contributed by atoms with Crippen LogP contribution in [0.15, 0.2) is 22.8 Å². The van der Waals surface area contributed by atoms with Crippen LogP contribution in [0.5, 0.6) is 0 Å². The molecule has 12 heavy (non-hydrogen) atoms. The maximum absolute atomic E-state index is 8.36. The Kier molecular flexibility index (Phi) is 6.28. The SMILES string of the molecule is CCc1cc(Br)ccn1.O=CO. The zero-order valence-electron chi connectivity index (χ0n) is 6.70. The predicted octanol–water partition coefficient (Wildman–Crippen LogP) is 2.11. The Bertz CT molecular complexity index is 240. The van der Waals surface area contributed by atoms with E-state index in [1.807, 2.05) is 18.3 Å². The Hall–Kier alpha value is -0.900. The Labute approximate surface area is 79.6 Å². The van der Waals surface area contributed by atoms with Crippen molar-refractivity contribution in [3.8, 4) is 0 Å². The molecule has 0 aromatic carbocycles. The van der Waals surface area contributed by atoms with Crippen molar-refractivity contribution in [1.29, 1.82) is 0 Å². The molecule has 1 aromatic heterocycles. The van der Waals surface area contributed by atoms with Crippen molar-refractivity contribution in [3.63, 3.8) is 0 Å². The molecule has 1 aromatic rings. The van der Waals surface area contributed by atoms with Gasteiger partial charge in [-0.05, 0) is 18.6 Å². The molecule has 0 aliphatic heterocycles. The second-order valence-corrected chi connectivity index (χ2v) is 2.84. The molecular formula is C8H10BrNO2. The largest absolute Gasteiger partial charge is 0.483 e. The highest BCUT2D eigenvalue weighted by Crippen LogP contribution is 2.08. The molecule has 3 nitrogen and oxygen atoms in total. The number of hydrogen-bond donors (Lipinski definition) is 1. The third kappa shape index (κ3) is 4.85. The van der Waals surface area contributed by atoms with Crippen LogP contribution < -0.4 is 0 Å². The minimum absolute atomic E-state index is 0.250. The molecule has 0 fully saturated rings. The number of carbonyl (C=O) groups is 1. The molecule has 0 bridgehead atoms. The summed E-state index contributed by atoms with van der Waals surface area (Å²) in [5.74, 6) is 0. The molecule has 0 spiro atoms. The van der Waals surface area contributed by atoms with Gasteiger partial charge in [0.25, 0.3) is 6.47 Å². The molecule has 0 atom stereocenters. The molecule has 1 heterocycles. The van der Waals surface area contributed by atoms with Crippen LogP contribution in [0.25, 0.3) is 0 Å². The molecule has 0 saturated heterocycles. The Morgan fingerprint density at radius 1 is 1.75 bits per heavy atom. The Morgan fingerprint density at radius 2 is 2.33 bits per heavy atom. The molecule has 0 amide bonds. The zero-order valence-corrected chi connectivity index (χ0v) is 8.28. The van der Waals surface area contributed by atoms with Gasteiger partial charge in [0, 0.05) is 16.4 Å². The van der Waals surface area contributed by atoms with Gasteiger partial charge in [-0.15, -0.1) is 0 Å². The van der Waals surface area contributed by atoms with Crippen molar-refractivity contribution in [2.75, 3.05) is 0 Å². The fraction of sp³-hybridized carbons (Fsp3) is 0.250. The summed E-state index contributed by atoms with van der Waals surface area (Å²) >= 11 is 3.36. The van der Waals surface area contributed by atoms with Gasteiger partial charge in [0.15, 0.2) is 0 Å². The molecule has 0 aliphatic rings. The molecule has 4 heteroatoms. The van der Waals surface area contributed by atoms with E-state index in [-0.39, 0.29) is 6.47 Å². The minimum atomic E-state index is -0.250. The summed E-state index contributed by atoms with van der Waals surface area (Å²) in [6.45, 7) is 1.84. The van der Waals surface area contributed by atoms with Crippen LogP contribution in [0, 0.1) is 0 Å². The van der Waals surface area contributed by atoms with Gasteiger partial charge in [0.1, 0.15) is 0 Å². The molecule has 0 unspecified atom stereocenters. The van der Waals surface area contributed by atoms with Crippen molar-refractivity contribution in [1.82, 2.24) is 4.98 Å². The molecule has 1 rings (SSSR count). The van der Waals surface area contributed by atoms with Crippen molar-refractivity contribution in [2.24, 2.45) is 0 Å². The number of aryl methyl sites for hydroxylation is 1. The van der Waals surface area contributed by atoms with Crippen molar-refractivity contribution >= 4 is 22.4 Å². The third-order valence-corrected chi connectivity index (χ3v) is 1.63. The highest BCUT2D eigenvalue weighted by atomic mass is 79.9. The monoisotopic (exact) mass is 231 g/mol. The first-order chi connectivity index (χ1) is 5.74. The number of halogens is 1. The lowest BCUT2D eigenvalue weighted by atomic mass is 10.3. The summed E-state index contributed by atoms with van der Waals surface area (Å²) in [6.07, 6.45) is 2.81. The maximum atomic E-state index is 8.36. The van der Waals surface area contributed by atoms with Gasteiger partial charge >= 0.3 is 0 Å². The van der Waals surface area contributed by atoms with Crippen LogP contribution >= 0.6 is 15.9 Å². The van der Waals surface area contributed by atoms with E-state index in [0.29, 0.717) is 0 Å². The standard InChI is InChI=1S/C7H8BrN.CH2O2/c1-2-7-5-6(8)3-4-9-7;2-1-3/h3-5H,2H2,1H3;1H,(H,2,3). The van der Waals surface area contributed by atoms with E-state index >= 15 is 0 Å². The number of nitrogens with zero attached hydrogens (tertiary/aromatic N) is 1. The minimum Gasteiger partial charge on any atom is -0.483 e. The first-order valence-electron chi connectivity index (χ1n) is 3.42. The van der Waals surface area contributed by atoms with Gasteiger partial charge in [-0.1, -0.05) is 22.9 Å². The average Bonchev–Trinajstić information content (AvgIpc) is 2.06. The topological polar surface area (TPSA) is 50.2 Å². The van der Waals surface area contributed by atoms with Crippen molar-refractivity contribution < 1.29 is 9.90 Å². The molecule has 0 radical (unpaired) electrons. The van der Waals surface area contributed by atoms with E-state index in [9.17, 15) is 0 Å². The smallest absolute Gasteiger partial charge is 0.290 e. The lowest BCUT2D eigenvalue weighted by Crippen LogP contribution is -1.83. The zero-order chi connectivity index (χ0) is 9.40. The lowest BCUT2D eigenvalue weighted by molar-refractivity contribution is -0.122. The van der Waals surface area contributed by atoms with E-state index in [4.69, 9.17) is 9.90 Å². The van der Waals surface area contributed by atoms with Crippen LogP contribution in [0.1, 0.15) is 12.6 Å². The molecular weight excluding hydrogens is 222 g/mol. The lowest BCUT2D eigenvalue weighted by Gasteiger charge is -1.93. The predicted molar refractivity (Wildman–Crippen MR) is 50.0 cm³/mol. The summed E-state index contributed by atoms with van der Waals surface area (Å²) in [5, 5.41) is 6.89. The molecule has 0 saturated carbocycles. The second-order valence-electron chi connectivity index (χ2n) is 1.92. The highest BCUT2D eigenvalue weighted by molar-refractivity contribution is 9.10. The van der Waals surface area contributed by atoms with Gasteiger partial charge in [0.2, 0.25) is 0 Å². The summed E-state index contributed by atoms with van der Waals surface area (Å²) in [4.78, 5) is 12.5. The Balaban J connectivity index is 0.000000354. The number of pyridine rings is 1. The van der Waals surface area contributed by atoms with Crippen LogP contribution in [0.4, 0.5) is 0 Å². The first-order valence-corrected chi connectivity index (χ1v) is 4.22. The van der Waals surface area contributed by atoms with Crippen molar-refractivity contribution in [2.45, 2.75) is 13.3 Å². The van der Waals surface area contributed by atoms with E-state index in [1.165, 1.54) is 0 Å². The third-order valence-electron chi connectivity index (χ3n) is 1.14. The average molecular weight is 232 g/mol. The molecule has 66 valence electrons. The number of carboxylic acid groups (broad SMARTS) is 1. The van der Waals surface area contributed by atoms with E-state index in [0.717, 1.165) is 16.6 Å². The normalized spacial score (nSPS) is 8.17. The van der Waals surface area contributed by atoms with Crippen molar-refractivity contribution in [3.05, 3.63) is 28.5 Å². The number of aromatic nitrogens is 1. The van der Waals surface area contributed by atoms with Crippen LogP contribution in [-0.4, -0.2) is 16.6 Å². The van der Waals surface area contributed by atoms with Crippen LogP contribution in [0.3, 0.4) is 0 Å². The summed E-state index contributed by atoms with van der Waals surface area (Å²) in [6, 6.07) is 3.96. The van der Waals surface area contributed by atoms with Gasteiger partial charge in [-0.2, -0.15) is 0 Å². The fourth-order valence-electron chi connectivity index (χ4n) is 0.642. The summed E-state index contributed by atoms with van der Waals surface area (Å²) in [7, 11) is 0. The van der Waals surface area contributed by atoms with Gasteiger partial charge in [0.05, 0.1) is 0 Å². The quantitative estimate of drug-likeness (QED) is 0.754. The fourth-order valence-corrected chi connectivity index (χ4v) is 1.02. The number of rotatable bonds is 1. The first kappa shape index (κ1) is 11.1. The molecule has 0 aliphatic carbocycles. The maximum Gasteiger partial charge on any atom is 0.290 e. The second kappa shape index (κ2) is 6.79. The van der Waals surface area contributed by atoms with Crippen LogP contribution in [0.2, 0.25) is 0 Å². The Morgan fingerprint density at radius 3 is 2.67 bits per heavy atom. The summed E-state index contributed by atoms with van der Waals surface area (Å²) in [5.41, 5.74) is 1.13. The van der Waals surface area contributed by atoms with E-state index in [1.54, 1.807) is 0 Å². The van der Waals surface area contributed by atoms with E-state index in [2.05, 4.69) is 27.8 Å². The van der Waals surface area contributed by atoms with Crippen LogP contribution in [-0.2, 0) is 11.2 Å². The van der Waals surface area contributed by atoms with Gasteiger partial charge < -0.3 is 5.11 Å². The van der Waals surface area contributed by atoms with Gasteiger partial charge in [-0.3, -0.25) is 9.78 Å².